The second-order valence-electron chi connectivity index (χ2n) is 3.91. The summed E-state index contributed by atoms with van der Waals surface area (Å²) in [6.07, 6.45) is 1.53. The third-order valence-corrected chi connectivity index (χ3v) is 3.56. The van der Waals surface area contributed by atoms with Gasteiger partial charge in [0, 0.05) is 0 Å². The van der Waals surface area contributed by atoms with Gasteiger partial charge in [0.1, 0.15) is 4.83 Å². The van der Waals surface area contributed by atoms with E-state index in [1.807, 2.05) is 11.4 Å². The summed E-state index contributed by atoms with van der Waals surface area (Å²) in [7, 11) is 0. The van der Waals surface area contributed by atoms with Crippen LogP contribution in [0.5, 0.6) is 0 Å². The number of nitrogens with zero attached hydrogens (tertiary/aromatic N) is 2. The van der Waals surface area contributed by atoms with Crippen LogP contribution in [0.1, 0.15) is 0 Å². The monoisotopic (exact) mass is 252 g/mol. The number of thiophene rings is 1. The van der Waals surface area contributed by atoms with Crippen LogP contribution in [0, 0.1) is 0 Å². The molecular weight excluding hydrogens is 240 g/mol. The third-order valence-electron chi connectivity index (χ3n) is 2.74. The van der Waals surface area contributed by atoms with Crippen LogP contribution < -0.4 is 5.56 Å². The van der Waals surface area contributed by atoms with Crippen LogP contribution in [0.15, 0.2) is 22.6 Å². The maximum atomic E-state index is 12.1. The molecule has 1 atom stereocenters. The van der Waals surface area contributed by atoms with E-state index >= 15 is 0 Å². The van der Waals surface area contributed by atoms with E-state index < -0.39 is 0 Å². The van der Waals surface area contributed by atoms with Gasteiger partial charge in [-0.1, -0.05) is 0 Å². The first kappa shape index (κ1) is 10.9. The molecule has 90 valence electrons. The molecule has 6 heteroatoms. The fourth-order valence-electron chi connectivity index (χ4n) is 1.88. The van der Waals surface area contributed by atoms with E-state index in [0.29, 0.717) is 31.8 Å². The molecule has 1 aliphatic heterocycles. The molecule has 1 aliphatic rings. The molecule has 0 radical (unpaired) electrons. The normalized spacial score (nSPS) is 20.8. The van der Waals surface area contributed by atoms with Crippen LogP contribution in [0.4, 0.5) is 0 Å². The molecule has 5 nitrogen and oxygen atoms in total. The summed E-state index contributed by atoms with van der Waals surface area (Å²) in [6.45, 7) is 2.26. The molecule has 0 saturated carbocycles. The Morgan fingerprint density at radius 3 is 3.29 bits per heavy atom. The number of aromatic nitrogens is 2. The van der Waals surface area contributed by atoms with Crippen LogP contribution in [-0.4, -0.2) is 35.5 Å². The van der Waals surface area contributed by atoms with Gasteiger partial charge in [0.25, 0.3) is 5.56 Å². The summed E-state index contributed by atoms with van der Waals surface area (Å²) in [5.41, 5.74) is -0.00887. The molecule has 17 heavy (non-hydrogen) atoms. The topological polar surface area (TPSA) is 53.4 Å². The van der Waals surface area contributed by atoms with Gasteiger partial charge < -0.3 is 9.47 Å². The van der Waals surface area contributed by atoms with Gasteiger partial charge in [-0.15, -0.1) is 11.3 Å². The fourth-order valence-corrected chi connectivity index (χ4v) is 2.61. The van der Waals surface area contributed by atoms with Crippen LogP contribution in [0.3, 0.4) is 0 Å². The minimum absolute atomic E-state index is 0.00887. The number of rotatable bonds is 2. The highest BCUT2D eigenvalue weighted by atomic mass is 32.1. The molecule has 2 aromatic heterocycles. The van der Waals surface area contributed by atoms with Crippen molar-refractivity contribution in [1.29, 1.82) is 0 Å². The van der Waals surface area contributed by atoms with Gasteiger partial charge in [-0.25, -0.2) is 4.98 Å². The molecule has 1 unspecified atom stereocenters. The molecule has 0 aliphatic carbocycles. The van der Waals surface area contributed by atoms with Crippen molar-refractivity contribution in [1.82, 2.24) is 9.55 Å². The quantitative estimate of drug-likeness (QED) is 0.796. The first-order valence-electron chi connectivity index (χ1n) is 5.46. The number of fused-ring (bicyclic) bond motifs is 1. The van der Waals surface area contributed by atoms with Gasteiger partial charge in [-0.05, 0) is 11.4 Å². The smallest absolute Gasteiger partial charge is 0.262 e. The number of hydrogen-bond acceptors (Lipinski definition) is 5. The second kappa shape index (κ2) is 4.56. The highest BCUT2D eigenvalue weighted by molar-refractivity contribution is 7.16. The Morgan fingerprint density at radius 1 is 1.53 bits per heavy atom. The van der Waals surface area contributed by atoms with Crippen molar-refractivity contribution >= 4 is 21.6 Å². The number of ether oxygens (including phenoxy) is 2. The fraction of sp³-hybridized carbons (Fsp3) is 0.455. The van der Waals surface area contributed by atoms with Crippen molar-refractivity contribution in [2.24, 2.45) is 0 Å². The summed E-state index contributed by atoms with van der Waals surface area (Å²) >= 11 is 1.48. The Balaban J connectivity index is 1.89. The predicted molar refractivity (Wildman–Crippen MR) is 64.4 cm³/mol. The zero-order valence-corrected chi connectivity index (χ0v) is 9.98. The van der Waals surface area contributed by atoms with Gasteiger partial charge in [0.2, 0.25) is 0 Å². The van der Waals surface area contributed by atoms with Crippen LogP contribution >= 0.6 is 11.3 Å². The van der Waals surface area contributed by atoms with Crippen molar-refractivity contribution in [2.45, 2.75) is 12.6 Å². The van der Waals surface area contributed by atoms with E-state index in [2.05, 4.69) is 4.98 Å². The molecule has 3 heterocycles. The third kappa shape index (κ3) is 2.11. The van der Waals surface area contributed by atoms with E-state index in [1.54, 1.807) is 10.9 Å². The van der Waals surface area contributed by atoms with Crippen LogP contribution in [0.25, 0.3) is 10.2 Å². The van der Waals surface area contributed by atoms with Gasteiger partial charge >= 0.3 is 0 Å². The number of hydrogen-bond donors (Lipinski definition) is 0. The molecule has 0 aromatic carbocycles. The van der Waals surface area contributed by atoms with Gasteiger partial charge in [-0.3, -0.25) is 9.36 Å². The summed E-state index contributed by atoms with van der Waals surface area (Å²) in [5, 5.41) is 2.55. The van der Waals surface area contributed by atoms with Crippen molar-refractivity contribution < 1.29 is 9.47 Å². The maximum absolute atomic E-state index is 12.1. The molecule has 2 aromatic rings. The summed E-state index contributed by atoms with van der Waals surface area (Å²) in [5.74, 6) is 0. The molecule has 0 amide bonds. The van der Waals surface area contributed by atoms with Crippen molar-refractivity contribution in [3.63, 3.8) is 0 Å². The van der Waals surface area contributed by atoms with Crippen LogP contribution in [0.2, 0.25) is 0 Å². The zero-order valence-electron chi connectivity index (χ0n) is 9.17. The van der Waals surface area contributed by atoms with E-state index in [9.17, 15) is 4.79 Å². The molecule has 1 saturated heterocycles. The van der Waals surface area contributed by atoms with Gasteiger partial charge in [0.05, 0.1) is 44.2 Å². The van der Waals surface area contributed by atoms with Gasteiger partial charge in [0.15, 0.2) is 0 Å². The molecule has 0 N–H and O–H groups in total. The largest absolute Gasteiger partial charge is 0.376 e. The minimum Gasteiger partial charge on any atom is -0.376 e. The Hall–Kier alpha value is -1.24. The van der Waals surface area contributed by atoms with E-state index in [0.717, 1.165) is 4.83 Å². The standard InChI is InChI=1S/C11H12N2O3S/c14-11-9-1-4-17-10(9)12-7-13(11)5-8-6-15-2-3-16-8/h1,4,7-8H,2-3,5-6H2. The first-order valence-corrected chi connectivity index (χ1v) is 6.34. The van der Waals surface area contributed by atoms with E-state index in [1.165, 1.54) is 11.3 Å². The maximum Gasteiger partial charge on any atom is 0.262 e. The Morgan fingerprint density at radius 2 is 2.47 bits per heavy atom. The molecule has 1 fully saturated rings. The highest BCUT2D eigenvalue weighted by Gasteiger charge is 2.16. The Labute approximate surface area is 102 Å². The average Bonchev–Trinajstić information content (AvgIpc) is 2.83. The van der Waals surface area contributed by atoms with Crippen molar-refractivity contribution in [3.05, 3.63) is 28.1 Å². The Kier molecular flexibility index (Phi) is 2.92. The minimum atomic E-state index is -0.0562. The van der Waals surface area contributed by atoms with Gasteiger partial charge in [-0.2, -0.15) is 0 Å². The molecule has 3 rings (SSSR count). The molecular formula is C11H12N2O3S. The second-order valence-corrected chi connectivity index (χ2v) is 4.80. The molecule has 0 bridgehead atoms. The summed E-state index contributed by atoms with van der Waals surface area (Å²) < 4.78 is 12.4. The van der Waals surface area contributed by atoms with E-state index in [-0.39, 0.29) is 11.7 Å². The SMILES string of the molecule is O=c1c2ccsc2ncn1CC1COCCO1. The predicted octanol–water partition coefficient (Wildman–Crippen LogP) is 0.873. The van der Waals surface area contributed by atoms with Crippen molar-refractivity contribution in [2.75, 3.05) is 19.8 Å². The first-order chi connectivity index (χ1) is 8.34. The lowest BCUT2D eigenvalue weighted by Gasteiger charge is -2.23. The van der Waals surface area contributed by atoms with E-state index in [4.69, 9.17) is 9.47 Å². The lowest BCUT2D eigenvalue weighted by atomic mass is 10.3. The molecule has 0 spiro atoms. The highest BCUT2D eigenvalue weighted by Crippen LogP contribution is 2.13. The van der Waals surface area contributed by atoms with Crippen molar-refractivity contribution in [3.8, 4) is 0 Å². The lowest BCUT2D eigenvalue weighted by Crippen LogP contribution is -2.35. The average molecular weight is 252 g/mol. The Bertz CT molecular complexity index is 571. The zero-order chi connectivity index (χ0) is 11.7. The summed E-state index contributed by atoms with van der Waals surface area (Å²) in [6, 6.07) is 1.81. The summed E-state index contributed by atoms with van der Waals surface area (Å²) in [4.78, 5) is 17.1. The lowest BCUT2D eigenvalue weighted by molar-refractivity contribution is -0.0939. The van der Waals surface area contributed by atoms with Crippen LogP contribution in [-0.2, 0) is 16.0 Å².